The second-order valence-electron chi connectivity index (χ2n) is 4.37. The molecule has 0 unspecified atom stereocenters. The molecule has 16 heavy (non-hydrogen) atoms. The highest BCUT2D eigenvalue weighted by atomic mass is 16.6. The molecule has 0 aromatic carbocycles. The molecule has 0 aromatic rings. The van der Waals surface area contributed by atoms with Crippen molar-refractivity contribution in [2.45, 2.75) is 39.3 Å². The molecule has 0 saturated carbocycles. The monoisotopic (exact) mass is 229 g/mol. The van der Waals surface area contributed by atoms with Gasteiger partial charge in [0.15, 0.2) is 5.78 Å². The standard InChI is InChI=1S/C11H19NO4/c1-7(2)10(8(3)13)12-11(14)16-9-4-5-15-6-9/h7,9-10H,4-6H2,1-3H3,(H,12,14)/t9-,10+/m1/s1. The zero-order chi connectivity index (χ0) is 12.1. The Kier molecular flexibility index (Phi) is 4.73. The first kappa shape index (κ1) is 13.0. The molecular weight excluding hydrogens is 210 g/mol. The number of ether oxygens (including phenoxy) is 2. The minimum Gasteiger partial charge on any atom is -0.444 e. The summed E-state index contributed by atoms with van der Waals surface area (Å²) in [6, 6.07) is -0.477. The molecule has 1 rings (SSSR count). The van der Waals surface area contributed by atoms with E-state index < -0.39 is 12.1 Å². The molecule has 1 fully saturated rings. The highest BCUT2D eigenvalue weighted by molar-refractivity contribution is 5.85. The number of amides is 1. The second kappa shape index (κ2) is 5.84. The van der Waals surface area contributed by atoms with Crippen molar-refractivity contribution in [3.05, 3.63) is 0 Å². The van der Waals surface area contributed by atoms with E-state index in [0.29, 0.717) is 13.2 Å². The smallest absolute Gasteiger partial charge is 0.408 e. The summed E-state index contributed by atoms with van der Waals surface area (Å²) >= 11 is 0. The minimum atomic E-state index is -0.538. The third-order valence-corrected chi connectivity index (χ3v) is 2.54. The lowest BCUT2D eigenvalue weighted by Gasteiger charge is -2.20. The fourth-order valence-electron chi connectivity index (χ4n) is 1.66. The maximum atomic E-state index is 11.5. The van der Waals surface area contributed by atoms with Gasteiger partial charge < -0.3 is 14.8 Å². The van der Waals surface area contributed by atoms with E-state index >= 15 is 0 Å². The number of ketones is 1. The van der Waals surface area contributed by atoms with Crippen molar-refractivity contribution in [2.24, 2.45) is 5.92 Å². The molecule has 5 heteroatoms. The average molecular weight is 229 g/mol. The van der Waals surface area contributed by atoms with Gasteiger partial charge in [-0.25, -0.2) is 4.79 Å². The van der Waals surface area contributed by atoms with Crippen LogP contribution >= 0.6 is 0 Å². The van der Waals surface area contributed by atoms with E-state index in [9.17, 15) is 9.59 Å². The third-order valence-electron chi connectivity index (χ3n) is 2.54. The number of carbonyl (C=O) groups is 2. The number of rotatable bonds is 4. The van der Waals surface area contributed by atoms with Crippen molar-refractivity contribution < 1.29 is 19.1 Å². The maximum absolute atomic E-state index is 11.5. The molecule has 0 aromatic heterocycles. The molecule has 1 saturated heterocycles. The van der Waals surface area contributed by atoms with Crippen LogP contribution in [0.2, 0.25) is 0 Å². The summed E-state index contributed by atoms with van der Waals surface area (Å²) in [7, 11) is 0. The van der Waals surface area contributed by atoms with Gasteiger partial charge in [0.2, 0.25) is 0 Å². The summed E-state index contributed by atoms with van der Waals surface area (Å²) in [5.74, 6) is -0.000463. The molecule has 1 amide bonds. The number of nitrogens with one attached hydrogen (secondary N) is 1. The summed E-state index contributed by atoms with van der Waals surface area (Å²) in [5.41, 5.74) is 0. The Bertz CT molecular complexity index is 259. The van der Waals surface area contributed by atoms with Crippen molar-refractivity contribution in [3.63, 3.8) is 0 Å². The van der Waals surface area contributed by atoms with Gasteiger partial charge in [0.25, 0.3) is 0 Å². The highest BCUT2D eigenvalue weighted by Crippen LogP contribution is 2.09. The first-order valence-electron chi connectivity index (χ1n) is 5.56. The van der Waals surface area contributed by atoms with E-state index in [1.807, 2.05) is 13.8 Å². The first-order chi connectivity index (χ1) is 7.50. The fourth-order valence-corrected chi connectivity index (χ4v) is 1.66. The molecule has 0 bridgehead atoms. The van der Waals surface area contributed by atoms with Gasteiger partial charge in [-0.3, -0.25) is 4.79 Å². The van der Waals surface area contributed by atoms with Crippen LogP contribution in [0.1, 0.15) is 27.2 Å². The van der Waals surface area contributed by atoms with E-state index in [2.05, 4.69) is 5.32 Å². The summed E-state index contributed by atoms with van der Waals surface area (Å²) < 4.78 is 10.2. The van der Waals surface area contributed by atoms with Crippen molar-refractivity contribution in [1.82, 2.24) is 5.32 Å². The Hall–Kier alpha value is -1.10. The Morgan fingerprint density at radius 1 is 1.44 bits per heavy atom. The zero-order valence-electron chi connectivity index (χ0n) is 9.99. The molecule has 0 aliphatic carbocycles. The molecule has 1 heterocycles. The summed E-state index contributed by atoms with van der Waals surface area (Å²) in [5, 5.41) is 2.58. The van der Waals surface area contributed by atoms with Crippen LogP contribution in [0.5, 0.6) is 0 Å². The van der Waals surface area contributed by atoms with Crippen LogP contribution < -0.4 is 5.32 Å². The highest BCUT2D eigenvalue weighted by Gasteiger charge is 2.24. The van der Waals surface area contributed by atoms with Gasteiger partial charge in [-0.05, 0) is 12.8 Å². The van der Waals surface area contributed by atoms with Crippen LogP contribution in [0, 0.1) is 5.92 Å². The SMILES string of the molecule is CC(=O)[C@@H](NC(=O)O[C@@H]1CCOC1)C(C)C. The van der Waals surface area contributed by atoms with Crippen LogP contribution in [0.15, 0.2) is 0 Å². The molecule has 5 nitrogen and oxygen atoms in total. The van der Waals surface area contributed by atoms with Gasteiger partial charge in [-0.1, -0.05) is 13.8 Å². The molecule has 1 N–H and O–H groups in total. The topological polar surface area (TPSA) is 64.6 Å². The van der Waals surface area contributed by atoms with Crippen molar-refractivity contribution in [3.8, 4) is 0 Å². The first-order valence-corrected chi connectivity index (χ1v) is 5.56. The van der Waals surface area contributed by atoms with Crippen molar-refractivity contribution in [2.75, 3.05) is 13.2 Å². The molecule has 2 atom stereocenters. The minimum absolute atomic E-state index is 0.0601. The predicted octanol–water partition coefficient (Wildman–Crippen LogP) is 1.12. The van der Waals surface area contributed by atoms with Crippen LogP contribution in [0.4, 0.5) is 4.79 Å². The number of Topliss-reactive ketones (excluding diaryl/α,β-unsaturated/α-hetero) is 1. The van der Waals surface area contributed by atoms with Crippen LogP contribution in [-0.4, -0.2) is 37.2 Å². The quantitative estimate of drug-likeness (QED) is 0.784. The molecule has 1 aliphatic heterocycles. The Balaban J connectivity index is 2.38. The summed E-state index contributed by atoms with van der Waals surface area (Å²) in [6.07, 6.45) is 0.00370. The van der Waals surface area contributed by atoms with Gasteiger partial charge in [0, 0.05) is 6.42 Å². The van der Waals surface area contributed by atoms with Gasteiger partial charge in [-0.2, -0.15) is 0 Å². The lowest BCUT2D eigenvalue weighted by Crippen LogP contribution is -2.44. The van der Waals surface area contributed by atoms with E-state index in [4.69, 9.17) is 9.47 Å². The lowest BCUT2D eigenvalue weighted by atomic mass is 10.0. The number of carbonyl (C=O) groups excluding carboxylic acids is 2. The number of hydrogen-bond donors (Lipinski definition) is 1. The van der Waals surface area contributed by atoms with Crippen LogP contribution in [0.25, 0.3) is 0 Å². The van der Waals surface area contributed by atoms with E-state index in [-0.39, 0.29) is 17.8 Å². The normalized spacial score (nSPS) is 21.9. The van der Waals surface area contributed by atoms with E-state index in [0.717, 1.165) is 6.42 Å². The summed E-state index contributed by atoms with van der Waals surface area (Å²) in [4.78, 5) is 22.7. The maximum Gasteiger partial charge on any atom is 0.408 e. The molecular formula is C11H19NO4. The second-order valence-corrected chi connectivity index (χ2v) is 4.37. The van der Waals surface area contributed by atoms with Gasteiger partial charge in [0.1, 0.15) is 6.10 Å². The van der Waals surface area contributed by atoms with Gasteiger partial charge in [-0.15, -0.1) is 0 Å². The molecule has 1 aliphatic rings. The summed E-state index contributed by atoms with van der Waals surface area (Å²) in [6.45, 7) is 6.29. The van der Waals surface area contributed by atoms with Crippen molar-refractivity contribution in [1.29, 1.82) is 0 Å². The Labute approximate surface area is 95.5 Å². The van der Waals surface area contributed by atoms with E-state index in [1.54, 1.807) is 0 Å². The Morgan fingerprint density at radius 2 is 2.12 bits per heavy atom. The third kappa shape index (κ3) is 3.81. The number of alkyl carbamates (subject to hydrolysis) is 1. The Morgan fingerprint density at radius 3 is 2.56 bits per heavy atom. The van der Waals surface area contributed by atoms with E-state index in [1.165, 1.54) is 6.92 Å². The van der Waals surface area contributed by atoms with Gasteiger partial charge in [0.05, 0.1) is 19.3 Å². The lowest BCUT2D eigenvalue weighted by molar-refractivity contribution is -0.119. The fraction of sp³-hybridized carbons (Fsp3) is 0.818. The zero-order valence-corrected chi connectivity index (χ0v) is 9.99. The number of hydrogen-bond acceptors (Lipinski definition) is 4. The largest absolute Gasteiger partial charge is 0.444 e. The molecule has 0 radical (unpaired) electrons. The van der Waals surface area contributed by atoms with Crippen molar-refractivity contribution >= 4 is 11.9 Å². The molecule has 92 valence electrons. The average Bonchev–Trinajstić information content (AvgIpc) is 2.65. The van der Waals surface area contributed by atoms with Gasteiger partial charge >= 0.3 is 6.09 Å². The van der Waals surface area contributed by atoms with Crippen LogP contribution in [0.3, 0.4) is 0 Å². The molecule has 0 spiro atoms. The predicted molar refractivity (Wildman–Crippen MR) is 58.1 cm³/mol. The van der Waals surface area contributed by atoms with Crippen LogP contribution in [-0.2, 0) is 14.3 Å².